The maximum atomic E-state index is 14.5. The van der Waals surface area contributed by atoms with Gasteiger partial charge in [0.2, 0.25) is 5.60 Å². The van der Waals surface area contributed by atoms with Crippen LogP contribution in [-0.2, 0) is 34.4 Å². The predicted octanol–water partition coefficient (Wildman–Crippen LogP) is 5.81. The molecular weight excluding hydrogens is 722 g/mol. The zero-order chi connectivity index (χ0) is 39.0. The van der Waals surface area contributed by atoms with Crippen LogP contribution < -0.4 is 5.73 Å². The first-order valence-corrected chi connectivity index (χ1v) is 20.1. The Bertz CT molecular complexity index is 1750. The Labute approximate surface area is 315 Å². The second-order valence-electron chi connectivity index (χ2n) is 13.5. The Hall–Kier alpha value is -3.54. The number of rotatable bonds is 25. The van der Waals surface area contributed by atoms with Gasteiger partial charge < -0.3 is 35.1 Å². The zero-order valence-electron chi connectivity index (χ0n) is 30.7. The molecule has 1 unspecified atom stereocenters. The van der Waals surface area contributed by atoms with E-state index in [1.165, 1.54) is 86.8 Å². The molecule has 0 aliphatic carbocycles. The van der Waals surface area contributed by atoms with Crippen molar-refractivity contribution in [2.45, 2.75) is 121 Å². The van der Waals surface area contributed by atoms with Gasteiger partial charge in [-0.15, -0.1) is 0 Å². The van der Waals surface area contributed by atoms with Crippen molar-refractivity contribution in [1.82, 2.24) is 14.6 Å². The number of phosphoric ester groups is 1. The number of nitrogens with zero attached hydrogens (tertiary/aromatic N) is 5. The minimum atomic E-state index is -4.93. The molecule has 4 rings (SSSR count). The normalized spacial score (nSPS) is 21.5. The first-order valence-electron chi connectivity index (χ1n) is 18.6. The molecule has 0 bridgehead atoms. The number of halogens is 1. The molecule has 296 valence electrons. The van der Waals surface area contributed by atoms with Crippen LogP contribution >= 0.6 is 7.82 Å². The molecule has 15 nitrogen and oxygen atoms in total. The number of nitrogens with two attached hydrogens (primary N) is 1. The van der Waals surface area contributed by atoms with Crippen LogP contribution in [0, 0.1) is 28.5 Å². The van der Waals surface area contributed by atoms with Gasteiger partial charge in [0.1, 0.15) is 54.8 Å². The second-order valence-corrected chi connectivity index (χ2v) is 15.0. The number of ether oxygens (including phenoxy) is 3. The van der Waals surface area contributed by atoms with Crippen molar-refractivity contribution in [2.75, 3.05) is 32.2 Å². The lowest BCUT2D eigenvalue weighted by molar-refractivity contribution is -0.0791. The number of hydrogen-bond donors (Lipinski definition) is 4. The third kappa shape index (κ3) is 12.2. The summed E-state index contributed by atoms with van der Waals surface area (Å²) in [4.78, 5) is 14.5. The number of hydrogen-bond acceptors (Lipinski definition) is 13. The Balaban J connectivity index is 1.27. The van der Waals surface area contributed by atoms with E-state index in [2.05, 4.69) is 17.0 Å². The van der Waals surface area contributed by atoms with Crippen molar-refractivity contribution in [3.05, 3.63) is 59.3 Å². The highest BCUT2D eigenvalue weighted by atomic mass is 31.2. The number of benzene rings is 1. The van der Waals surface area contributed by atoms with Crippen LogP contribution in [0.5, 0.6) is 0 Å². The summed E-state index contributed by atoms with van der Waals surface area (Å²) in [6, 6.07) is 10.7. The van der Waals surface area contributed by atoms with Gasteiger partial charge in [-0.3, -0.25) is 9.05 Å². The molecule has 1 aliphatic heterocycles. The van der Waals surface area contributed by atoms with Crippen LogP contribution in [0.1, 0.15) is 107 Å². The van der Waals surface area contributed by atoms with E-state index in [-0.39, 0.29) is 35.9 Å². The number of nitriles is 2. The standard InChI is InChI=1S/C37H52FN6O9P/c1-2-3-4-5-6-7-8-9-10-11-12-13-18-49-22-29(50-21-28-15-14-27(20-39)19-30(28)38)23-51-54(47,48)52-25-37(24-40)35(46)33(45)34(53-37)31-16-17-32-36(41)42-26-43-44(31)32/h14-17,19,26,29,33-35,45-46H,2-13,18,21-23,25H2,1H3,(H,47,48)(H2,41,42,43)/t29-,33+,34+,35+,37-/m1/s1. The van der Waals surface area contributed by atoms with Crippen molar-refractivity contribution in [2.24, 2.45) is 0 Å². The van der Waals surface area contributed by atoms with Crippen LogP contribution in [0.2, 0.25) is 0 Å². The zero-order valence-corrected chi connectivity index (χ0v) is 31.6. The van der Waals surface area contributed by atoms with Crippen LogP contribution in [0.4, 0.5) is 10.2 Å². The number of unbranched alkanes of at least 4 members (excludes halogenated alkanes) is 11. The largest absolute Gasteiger partial charge is 0.472 e. The Morgan fingerprint density at radius 2 is 1.70 bits per heavy atom. The molecule has 1 aromatic carbocycles. The second kappa shape index (κ2) is 21.5. The lowest BCUT2D eigenvalue weighted by Gasteiger charge is -2.26. The lowest BCUT2D eigenvalue weighted by Crippen LogP contribution is -2.45. The molecule has 3 aromatic rings. The van der Waals surface area contributed by atoms with Crippen molar-refractivity contribution in [3.8, 4) is 12.1 Å². The van der Waals surface area contributed by atoms with Crippen LogP contribution in [-0.4, -0.2) is 80.0 Å². The van der Waals surface area contributed by atoms with Gasteiger partial charge in [0.25, 0.3) is 0 Å². The number of nitrogen functional groups attached to an aromatic ring is 1. The first kappa shape index (κ1) is 43.2. The fourth-order valence-corrected chi connectivity index (χ4v) is 7.00. The van der Waals surface area contributed by atoms with Crippen LogP contribution in [0.3, 0.4) is 0 Å². The summed E-state index contributed by atoms with van der Waals surface area (Å²) in [5.74, 6) is -0.500. The van der Waals surface area contributed by atoms with E-state index in [9.17, 15) is 29.3 Å². The van der Waals surface area contributed by atoms with Gasteiger partial charge in [0, 0.05) is 12.2 Å². The summed E-state index contributed by atoms with van der Waals surface area (Å²) in [7, 11) is -4.93. The Morgan fingerprint density at radius 3 is 2.35 bits per heavy atom. The first-order chi connectivity index (χ1) is 26.0. The third-order valence-corrected chi connectivity index (χ3v) is 10.3. The minimum Gasteiger partial charge on any atom is -0.387 e. The maximum Gasteiger partial charge on any atom is 0.472 e. The molecule has 2 aromatic heterocycles. The van der Waals surface area contributed by atoms with E-state index in [1.807, 2.05) is 6.07 Å². The third-order valence-electron chi connectivity index (χ3n) is 9.41. The number of aliphatic hydroxyl groups is 2. The van der Waals surface area contributed by atoms with Crippen molar-refractivity contribution in [1.29, 1.82) is 10.5 Å². The molecule has 0 radical (unpaired) electrons. The van der Waals surface area contributed by atoms with E-state index in [0.717, 1.165) is 25.3 Å². The average molecular weight is 775 g/mol. The summed E-state index contributed by atoms with van der Waals surface area (Å²) in [5.41, 5.74) is 4.56. The molecule has 0 amide bonds. The van der Waals surface area contributed by atoms with E-state index < -0.39 is 56.9 Å². The fraction of sp³-hybridized carbons (Fsp3) is 0.622. The van der Waals surface area contributed by atoms with E-state index in [1.54, 1.807) is 12.1 Å². The van der Waals surface area contributed by atoms with Gasteiger partial charge >= 0.3 is 7.82 Å². The number of anilines is 1. The van der Waals surface area contributed by atoms with Gasteiger partial charge in [-0.05, 0) is 30.7 Å². The highest BCUT2D eigenvalue weighted by Crippen LogP contribution is 2.47. The topological polar surface area (TPSA) is 228 Å². The van der Waals surface area contributed by atoms with Gasteiger partial charge in [0.05, 0.1) is 37.1 Å². The smallest absolute Gasteiger partial charge is 0.387 e. The Morgan fingerprint density at radius 1 is 1.02 bits per heavy atom. The SMILES string of the molecule is CCCCCCCCCCCCCCOC[C@H](COP(=O)(O)OC[C@@]1(C#N)O[C@@H](c2ccc3c(N)ncnn23)[C@H](O)[C@@H]1O)OCc1ccc(C#N)cc1F. The molecule has 0 spiro atoms. The van der Waals surface area contributed by atoms with Crippen molar-refractivity contribution >= 4 is 19.2 Å². The molecule has 1 fully saturated rings. The maximum absolute atomic E-state index is 14.5. The molecule has 0 saturated carbocycles. The van der Waals surface area contributed by atoms with Crippen molar-refractivity contribution < 1.29 is 47.3 Å². The molecule has 3 heterocycles. The van der Waals surface area contributed by atoms with Crippen molar-refractivity contribution in [3.63, 3.8) is 0 Å². The number of phosphoric acid groups is 1. The van der Waals surface area contributed by atoms with E-state index in [0.29, 0.717) is 12.1 Å². The summed E-state index contributed by atoms with van der Waals surface area (Å²) >= 11 is 0. The van der Waals surface area contributed by atoms with Gasteiger partial charge in [-0.2, -0.15) is 15.6 Å². The quantitative estimate of drug-likeness (QED) is 0.0588. The summed E-state index contributed by atoms with van der Waals surface area (Å²) < 4.78 is 56.6. The van der Waals surface area contributed by atoms with E-state index in [4.69, 9.17) is 34.3 Å². The lowest BCUT2D eigenvalue weighted by atomic mass is 9.96. The van der Waals surface area contributed by atoms with Crippen LogP contribution in [0.25, 0.3) is 5.52 Å². The number of aliphatic hydroxyl groups excluding tert-OH is 2. The molecule has 17 heteroatoms. The Kier molecular flexibility index (Phi) is 17.2. The fourth-order valence-electron chi connectivity index (χ4n) is 6.21. The predicted molar refractivity (Wildman–Crippen MR) is 195 cm³/mol. The summed E-state index contributed by atoms with van der Waals surface area (Å²) in [6.45, 7) is 0.868. The van der Waals surface area contributed by atoms with Crippen LogP contribution in [0.15, 0.2) is 36.7 Å². The molecule has 1 aliphatic rings. The number of fused-ring (bicyclic) bond motifs is 1. The number of aromatic nitrogens is 3. The summed E-state index contributed by atoms with van der Waals surface area (Å²) in [5, 5.41) is 44.9. The molecular formula is C37H52FN6O9P. The minimum absolute atomic E-state index is 0.0485. The highest BCUT2D eigenvalue weighted by Gasteiger charge is 2.57. The molecule has 6 atom stereocenters. The van der Waals surface area contributed by atoms with Gasteiger partial charge in [0.15, 0.2) is 5.82 Å². The molecule has 1 saturated heterocycles. The van der Waals surface area contributed by atoms with Gasteiger partial charge in [-0.1, -0.05) is 83.6 Å². The molecule has 54 heavy (non-hydrogen) atoms. The van der Waals surface area contributed by atoms with E-state index >= 15 is 0 Å². The molecule has 5 N–H and O–H groups in total. The monoisotopic (exact) mass is 774 g/mol. The average Bonchev–Trinajstić information content (AvgIpc) is 3.71. The summed E-state index contributed by atoms with van der Waals surface area (Å²) in [6.07, 6.45) is 9.78. The van der Waals surface area contributed by atoms with Gasteiger partial charge in [-0.25, -0.2) is 18.5 Å². The highest BCUT2D eigenvalue weighted by molar-refractivity contribution is 7.47.